The summed E-state index contributed by atoms with van der Waals surface area (Å²) in [6.45, 7) is 8.80. The average Bonchev–Trinajstić information content (AvgIpc) is 2.60. The van der Waals surface area contributed by atoms with Crippen LogP contribution in [-0.2, 0) is 0 Å². The molecule has 0 amide bonds. The third-order valence-electron chi connectivity index (χ3n) is 5.03. The van der Waals surface area contributed by atoms with E-state index in [2.05, 4.69) is 38.0 Å². The second-order valence-electron chi connectivity index (χ2n) is 8.88. The summed E-state index contributed by atoms with van der Waals surface area (Å²) < 4.78 is 5.74. The van der Waals surface area contributed by atoms with E-state index in [0.29, 0.717) is 29.4 Å². The summed E-state index contributed by atoms with van der Waals surface area (Å²) in [7, 11) is 0. The third-order valence-corrected chi connectivity index (χ3v) is 5.03. The van der Waals surface area contributed by atoms with Crippen molar-refractivity contribution in [1.82, 2.24) is 10.3 Å². The molecule has 0 aliphatic carbocycles. The van der Waals surface area contributed by atoms with Crippen molar-refractivity contribution in [3.05, 3.63) is 53.9 Å². The Morgan fingerprint density at radius 1 is 1.18 bits per heavy atom. The number of hydrogen-bond acceptors (Lipinski definition) is 5. The first-order valence-corrected chi connectivity index (χ1v) is 9.63. The van der Waals surface area contributed by atoms with Gasteiger partial charge in [0.15, 0.2) is 17.2 Å². The minimum atomic E-state index is 0.0343. The van der Waals surface area contributed by atoms with E-state index in [4.69, 9.17) is 10.00 Å². The maximum atomic E-state index is 12.8. The number of carbonyl (C=O) groups is 1. The number of piperidine rings is 1. The highest BCUT2D eigenvalue weighted by Gasteiger charge is 2.38. The number of hydrogen-bond donors (Lipinski definition) is 1. The van der Waals surface area contributed by atoms with Gasteiger partial charge in [-0.2, -0.15) is 5.26 Å². The molecule has 1 fully saturated rings. The number of carbonyl (C=O) groups excluding carboxylic acids is 1. The largest absolute Gasteiger partial charge is 0.454 e. The van der Waals surface area contributed by atoms with E-state index in [-0.39, 0.29) is 22.6 Å². The van der Waals surface area contributed by atoms with Gasteiger partial charge < -0.3 is 10.1 Å². The first kappa shape index (κ1) is 20.0. The molecular formula is C23H27N3O2. The molecule has 1 aromatic carbocycles. The first-order valence-electron chi connectivity index (χ1n) is 9.63. The van der Waals surface area contributed by atoms with Crippen LogP contribution < -0.4 is 10.1 Å². The van der Waals surface area contributed by atoms with Crippen LogP contribution in [0.3, 0.4) is 0 Å². The number of pyridine rings is 1. The fourth-order valence-corrected chi connectivity index (χ4v) is 4.45. The minimum absolute atomic E-state index is 0.0343. The molecule has 0 bridgehead atoms. The summed E-state index contributed by atoms with van der Waals surface area (Å²) in [5.41, 5.74) is 0.992. The molecule has 146 valence electrons. The maximum absolute atomic E-state index is 12.8. The number of rotatable bonds is 5. The molecular weight excluding hydrogens is 350 g/mol. The van der Waals surface area contributed by atoms with Gasteiger partial charge in [0.1, 0.15) is 11.8 Å². The minimum Gasteiger partial charge on any atom is -0.454 e. The molecule has 0 unspecified atom stereocenters. The van der Waals surface area contributed by atoms with E-state index in [1.807, 2.05) is 6.07 Å². The highest BCUT2D eigenvalue weighted by Crippen LogP contribution is 2.35. The number of benzene rings is 1. The highest BCUT2D eigenvalue weighted by atomic mass is 16.5. The lowest BCUT2D eigenvalue weighted by Crippen LogP contribution is -2.57. The zero-order valence-electron chi connectivity index (χ0n) is 17.0. The van der Waals surface area contributed by atoms with Crippen molar-refractivity contribution in [3.63, 3.8) is 0 Å². The summed E-state index contributed by atoms with van der Waals surface area (Å²) in [5, 5.41) is 12.8. The average molecular weight is 377 g/mol. The Bertz CT molecular complexity index is 879. The molecule has 5 heteroatoms. The summed E-state index contributed by atoms with van der Waals surface area (Å²) in [6.07, 6.45) is 4.08. The van der Waals surface area contributed by atoms with E-state index < -0.39 is 0 Å². The van der Waals surface area contributed by atoms with Gasteiger partial charge >= 0.3 is 0 Å². The van der Waals surface area contributed by atoms with Gasteiger partial charge in [0.2, 0.25) is 0 Å². The second kappa shape index (κ2) is 7.73. The number of nitrogens with zero attached hydrogens (tertiary/aromatic N) is 2. The van der Waals surface area contributed by atoms with Gasteiger partial charge in [-0.1, -0.05) is 0 Å². The lowest BCUT2D eigenvalue weighted by Gasteiger charge is -2.46. The van der Waals surface area contributed by atoms with Gasteiger partial charge in [0.05, 0.1) is 0 Å². The monoisotopic (exact) mass is 377 g/mol. The van der Waals surface area contributed by atoms with Gasteiger partial charge in [-0.05, 0) is 82.9 Å². The Morgan fingerprint density at radius 2 is 1.82 bits per heavy atom. The van der Waals surface area contributed by atoms with Crippen LogP contribution in [-0.4, -0.2) is 21.8 Å². The van der Waals surface area contributed by atoms with Crippen LogP contribution in [0.5, 0.6) is 11.5 Å². The van der Waals surface area contributed by atoms with Crippen molar-refractivity contribution < 1.29 is 9.53 Å². The third kappa shape index (κ3) is 4.96. The number of nitriles is 1. The molecule has 3 rings (SSSR count). The fourth-order valence-electron chi connectivity index (χ4n) is 4.45. The molecule has 2 aromatic rings. The SMILES string of the molecule is CC1(C)CC(CC(=O)c2ccc(Oc3cccnc3C#N)cc2)CC(C)(C)N1. The molecule has 1 N–H and O–H groups in total. The van der Waals surface area contributed by atoms with Crippen LogP contribution in [0.1, 0.15) is 63.0 Å². The molecule has 0 spiro atoms. The van der Waals surface area contributed by atoms with E-state index in [1.165, 1.54) is 0 Å². The summed E-state index contributed by atoms with van der Waals surface area (Å²) >= 11 is 0. The lowest BCUT2D eigenvalue weighted by molar-refractivity contribution is 0.0864. The molecule has 0 radical (unpaired) electrons. The molecule has 1 aliphatic heterocycles. The van der Waals surface area contributed by atoms with Gasteiger partial charge in [0.25, 0.3) is 0 Å². The number of ether oxygens (including phenoxy) is 1. The van der Waals surface area contributed by atoms with Crippen LogP contribution in [0.15, 0.2) is 42.6 Å². The van der Waals surface area contributed by atoms with Gasteiger partial charge in [-0.3, -0.25) is 4.79 Å². The van der Waals surface area contributed by atoms with Crippen molar-refractivity contribution in [2.24, 2.45) is 5.92 Å². The predicted octanol–water partition coefficient (Wildman–Crippen LogP) is 4.88. The van der Waals surface area contributed by atoms with Gasteiger partial charge in [-0.25, -0.2) is 4.98 Å². The Hall–Kier alpha value is -2.71. The fraction of sp³-hybridized carbons (Fsp3) is 0.435. The van der Waals surface area contributed by atoms with Crippen molar-refractivity contribution in [1.29, 1.82) is 5.26 Å². The van der Waals surface area contributed by atoms with E-state index in [9.17, 15) is 4.79 Å². The smallest absolute Gasteiger partial charge is 0.183 e. The Balaban J connectivity index is 1.66. The standard InChI is InChI=1S/C23H27N3O2/c1-22(2)13-16(14-23(3,4)26-22)12-20(27)17-7-9-18(10-8-17)28-21-6-5-11-25-19(21)15-24/h5-11,16,26H,12-14H2,1-4H3. The predicted molar refractivity (Wildman–Crippen MR) is 108 cm³/mol. The Kier molecular flexibility index (Phi) is 5.53. The molecule has 1 aromatic heterocycles. The van der Waals surface area contributed by atoms with Crippen LogP contribution in [0.25, 0.3) is 0 Å². The van der Waals surface area contributed by atoms with E-state index in [1.54, 1.807) is 42.6 Å². The van der Waals surface area contributed by atoms with Crippen LogP contribution in [0.4, 0.5) is 0 Å². The van der Waals surface area contributed by atoms with Crippen LogP contribution in [0, 0.1) is 17.2 Å². The molecule has 1 aliphatic rings. The van der Waals surface area contributed by atoms with Crippen LogP contribution in [0.2, 0.25) is 0 Å². The molecule has 1 saturated heterocycles. The van der Waals surface area contributed by atoms with Crippen molar-refractivity contribution >= 4 is 5.78 Å². The normalized spacial score (nSPS) is 18.2. The lowest BCUT2D eigenvalue weighted by atomic mass is 9.74. The Morgan fingerprint density at radius 3 is 2.43 bits per heavy atom. The number of nitrogens with one attached hydrogen (secondary N) is 1. The highest BCUT2D eigenvalue weighted by molar-refractivity contribution is 5.96. The molecule has 5 nitrogen and oxygen atoms in total. The second-order valence-corrected chi connectivity index (χ2v) is 8.88. The topological polar surface area (TPSA) is 75.0 Å². The molecule has 0 saturated carbocycles. The van der Waals surface area contributed by atoms with Gasteiger partial charge in [0, 0.05) is 29.3 Å². The maximum Gasteiger partial charge on any atom is 0.183 e. The molecule has 0 atom stereocenters. The first-order chi connectivity index (χ1) is 13.2. The van der Waals surface area contributed by atoms with E-state index >= 15 is 0 Å². The summed E-state index contributed by atoms with van der Waals surface area (Å²) in [6, 6.07) is 12.5. The zero-order chi connectivity index (χ0) is 20.4. The van der Waals surface area contributed by atoms with Crippen molar-refractivity contribution in [3.8, 4) is 17.6 Å². The van der Waals surface area contributed by atoms with Crippen LogP contribution >= 0.6 is 0 Å². The quantitative estimate of drug-likeness (QED) is 0.752. The number of Topliss-reactive ketones (excluding diaryl/α,β-unsaturated/α-hetero) is 1. The summed E-state index contributed by atoms with van der Waals surface area (Å²) in [4.78, 5) is 16.8. The van der Waals surface area contributed by atoms with E-state index in [0.717, 1.165) is 12.8 Å². The molecule has 28 heavy (non-hydrogen) atoms. The van der Waals surface area contributed by atoms with Gasteiger partial charge in [-0.15, -0.1) is 0 Å². The summed E-state index contributed by atoms with van der Waals surface area (Å²) in [5.74, 6) is 1.50. The van der Waals surface area contributed by atoms with Crippen molar-refractivity contribution in [2.75, 3.05) is 0 Å². The molecule has 2 heterocycles. The Labute approximate surface area is 166 Å². The number of ketones is 1. The van der Waals surface area contributed by atoms with Crippen molar-refractivity contribution in [2.45, 2.75) is 58.0 Å². The zero-order valence-corrected chi connectivity index (χ0v) is 17.0. The number of aromatic nitrogens is 1.